The number of para-hydroxylation sites is 1. The van der Waals surface area contributed by atoms with Crippen LogP contribution in [0.25, 0.3) is 5.57 Å². The van der Waals surface area contributed by atoms with Crippen LogP contribution in [0.3, 0.4) is 0 Å². The molecule has 0 amide bonds. The van der Waals surface area contributed by atoms with Gasteiger partial charge >= 0.3 is 0 Å². The van der Waals surface area contributed by atoms with Crippen LogP contribution in [-0.2, 0) is 6.42 Å². The van der Waals surface area contributed by atoms with Gasteiger partial charge in [-0.2, -0.15) is 0 Å². The van der Waals surface area contributed by atoms with Crippen molar-refractivity contribution in [3.63, 3.8) is 0 Å². The van der Waals surface area contributed by atoms with Gasteiger partial charge in [0.05, 0.1) is 11.2 Å². The van der Waals surface area contributed by atoms with Gasteiger partial charge in [0.15, 0.2) is 0 Å². The number of hydrogen-bond donors (Lipinski definition) is 1. The molecular formula is C20H22NO. The van der Waals surface area contributed by atoms with Gasteiger partial charge in [0.1, 0.15) is 0 Å². The van der Waals surface area contributed by atoms with Crippen molar-refractivity contribution >= 4 is 11.3 Å². The smallest absolute Gasteiger partial charge is 0.0852 e. The SMILES string of the molecule is CCC1(CC)C=C(Cc2cc[c]cc2)c2ccccc2N1O. The molecule has 0 unspecified atom stereocenters. The van der Waals surface area contributed by atoms with Crippen LogP contribution in [0, 0.1) is 6.07 Å². The molecule has 0 aromatic heterocycles. The summed E-state index contributed by atoms with van der Waals surface area (Å²) >= 11 is 0. The Labute approximate surface area is 132 Å². The minimum atomic E-state index is -0.315. The fraction of sp³-hybridized carbons (Fsp3) is 0.300. The van der Waals surface area contributed by atoms with E-state index in [2.05, 4.69) is 44.2 Å². The molecule has 22 heavy (non-hydrogen) atoms. The van der Waals surface area contributed by atoms with Gasteiger partial charge in [0, 0.05) is 5.56 Å². The summed E-state index contributed by atoms with van der Waals surface area (Å²) < 4.78 is 0. The average molecular weight is 292 g/mol. The van der Waals surface area contributed by atoms with Crippen LogP contribution < -0.4 is 5.06 Å². The second-order valence-corrected chi connectivity index (χ2v) is 5.89. The normalized spacial score (nSPS) is 16.1. The third-order valence-corrected chi connectivity index (χ3v) is 4.75. The van der Waals surface area contributed by atoms with Crippen molar-refractivity contribution in [1.82, 2.24) is 0 Å². The summed E-state index contributed by atoms with van der Waals surface area (Å²) in [6.07, 6.45) is 4.88. The van der Waals surface area contributed by atoms with E-state index in [4.69, 9.17) is 0 Å². The summed E-state index contributed by atoms with van der Waals surface area (Å²) in [5.41, 5.74) is 4.27. The molecule has 0 aliphatic carbocycles. The molecule has 0 fully saturated rings. The van der Waals surface area contributed by atoms with Gasteiger partial charge in [-0.1, -0.05) is 62.4 Å². The summed E-state index contributed by atoms with van der Waals surface area (Å²) in [4.78, 5) is 0. The van der Waals surface area contributed by atoms with Crippen molar-refractivity contribution in [2.45, 2.75) is 38.6 Å². The molecule has 2 aromatic rings. The highest BCUT2D eigenvalue weighted by Crippen LogP contribution is 2.42. The number of hydrogen-bond acceptors (Lipinski definition) is 2. The van der Waals surface area contributed by atoms with E-state index < -0.39 is 0 Å². The molecule has 113 valence electrons. The van der Waals surface area contributed by atoms with E-state index in [0.717, 1.165) is 30.5 Å². The van der Waals surface area contributed by atoms with Crippen LogP contribution in [0.15, 0.2) is 54.6 Å². The van der Waals surface area contributed by atoms with Crippen molar-refractivity contribution in [1.29, 1.82) is 0 Å². The van der Waals surface area contributed by atoms with Gasteiger partial charge in [-0.3, -0.25) is 5.21 Å². The average Bonchev–Trinajstić information content (AvgIpc) is 2.59. The maximum Gasteiger partial charge on any atom is 0.0852 e. The van der Waals surface area contributed by atoms with Gasteiger partial charge in [0.2, 0.25) is 0 Å². The van der Waals surface area contributed by atoms with E-state index in [0.29, 0.717) is 0 Å². The lowest BCUT2D eigenvalue weighted by Crippen LogP contribution is -2.47. The zero-order chi connectivity index (χ0) is 15.6. The van der Waals surface area contributed by atoms with Gasteiger partial charge in [-0.05, 0) is 42.5 Å². The van der Waals surface area contributed by atoms with Gasteiger partial charge < -0.3 is 0 Å². The molecule has 0 atom stereocenters. The van der Waals surface area contributed by atoms with Gasteiger partial charge in [0.25, 0.3) is 0 Å². The topological polar surface area (TPSA) is 23.5 Å². The Balaban J connectivity index is 2.09. The number of anilines is 1. The predicted molar refractivity (Wildman–Crippen MR) is 91.0 cm³/mol. The second kappa shape index (κ2) is 5.98. The van der Waals surface area contributed by atoms with Crippen molar-refractivity contribution in [3.05, 3.63) is 71.8 Å². The Morgan fingerprint density at radius 1 is 1.05 bits per heavy atom. The van der Waals surface area contributed by atoms with Crippen LogP contribution in [0.4, 0.5) is 5.69 Å². The number of hydroxylamine groups is 1. The lowest BCUT2D eigenvalue weighted by molar-refractivity contribution is 0.167. The monoisotopic (exact) mass is 292 g/mol. The molecule has 1 aliphatic rings. The number of benzene rings is 2. The summed E-state index contributed by atoms with van der Waals surface area (Å²) in [7, 11) is 0. The number of nitrogens with zero attached hydrogens (tertiary/aromatic N) is 1. The summed E-state index contributed by atoms with van der Waals surface area (Å²) in [5.74, 6) is 0. The molecule has 1 aliphatic heterocycles. The van der Waals surface area contributed by atoms with Crippen molar-refractivity contribution in [2.75, 3.05) is 5.06 Å². The van der Waals surface area contributed by atoms with Crippen molar-refractivity contribution in [2.24, 2.45) is 0 Å². The zero-order valence-electron chi connectivity index (χ0n) is 13.2. The Morgan fingerprint density at radius 3 is 2.41 bits per heavy atom. The van der Waals surface area contributed by atoms with E-state index in [9.17, 15) is 5.21 Å². The molecule has 2 aromatic carbocycles. The molecule has 0 saturated carbocycles. The third-order valence-electron chi connectivity index (χ3n) is 4.75. The number of allylic oxidation sites excluding steroid dienone is 1. The second-order valence-electron chi connectivity index (χ2n) is 5.89. The minimum Gasteiger partial charge on any atom is -0.288 e. The van der Waals surface area contributed by atoms with Gasteiger partial charge in [-0.25, -0.2) is 5.06 Å². The van der Waals surface area contributed by atoms with Gasteiger partial charge in [-0.15, -0.1) is 0 Å². The maximum absolute atomic E-state index is 10.7. The highest BCUT2D eigenvalue weighted by atomic mass is 16.5. The summed E-state index contributed by atoms with van der Waals surface area (Å²) in [6.45, 7) is 4.26. The van der Waals surface area contributed by atoms with E-state index >= 15 is 0 Å². The third kappa shape index (κ3) is 2.44. The van der Waals surface area contributed by atoms with E-state index in [-0.39, 0.29) is 5.54 Å². The maximum atomic E-state index is 10.7. The molecule has 0 saturated heterocycles. The Morgan fingerprint density at radius 2 is 1.73 bits per heavy atom. The molecule has 2 heteroatoms. The molecular weight excluding hydrogens is 270 g/mol. The largest absolute Gasteiger partial charge is 0.288 e. The number of fused-ring (bicyclic) bond motifs is 1. The Hall–Kier alpha value is -2.06. The lowest BCUT2D eigenvalue weighted by atomic mass is 9.81. The molecule has 2 nitrogen and oxygen atoms in total. The minimum absolute atomic E-state index is 0.315. The quantitative estimate of drug-likeness (QED) is 0.868. The molecule has 0 spiro atoms. The first-order chi connectivity index (χ1) is 10.7. The molecule has 0 bridgehead atoms. The van der Waals surface area contributed by atoms with E-state index in [1.54, 1.807) is 0 Å². The van der Waals surface area contributed by atoms with Crippen LogP contribution in [0.2, 0.25) is 0 Å². The predicted octanol–water partition coefficient (Wildman–Crippen LogP) is 4.88. The van der Waals surface area contributed by atoms with Crippen LogP contribution >= 0.6 is 0 Å². The van der Waals surface area contributed by atoms with Crippen LogP contribution in [0.5, 0.6) is 0 Å². The van der Waals surface area contributed by atoms with Crippen LogP contribution in [-0.4, -0.2) is 10.7 Å². The highest BCUT2D eigenvalue weighted by molar-refractivity contribution is 5.82. The van der Waals surface area contributed by atoms with E-state index in [1.807, 2.05) is 30.3 Å². The first kappa shape index (κ1) is 14.9. The van der Waals surface area contributed by atoms with Crippen molar-refractivity contribution in [3.8, 4) is 0 Å². The fourth-order valence-corrected chi connectivity index (χ4v) is 3.29. The first-order valence-electron chi connectivity index (χ1n) is 7.95. The fourth-order valence-electron chi connectivity index (χ4n) is 3.29. The first-order valence-corrected chi connectivity index (χ1v) is 7.95. The highest BCUT2D eigenvalue weighted by Gasteiger charge is 2.36. The zero-order valence-corrected chi connectivity index (χ0v) is 13.2. The van der Waals surface area contributed by atoms with Crippen molar-refractivity contribution < 1.29 is 5.21 Å². The molecule has 1 heterocycles. The number of rotatable bonds is 4. The lowest BCUT2D eigenvalue weighted by Gasteiger charge is -2.42. The standard InChI is InChI=1S/C20H22NO/c1-3-20(4-2)15-17(14-16-10-6-5-7-11-16)18-12-8-9-13-19(18)21(20)22/h6-13,15,22H,3-4,14H2,1-2H3. The Bertz CT molecular complexity index is 671. The van der Waals surface area contributed by atoms with Crippen LogP contribution in [0.1, 0.15) is 37.8 Å². The Kier molecular flexibility index (Phi) is 4.04. The molecule has 1 N–H and O–H groups in total. The molecule has 1 radical (unpaired) electrons. The van der Waals surface area contributed by atoms with E-state index in [1.165, 1.54) is 16.2 Å². The molecule has 3 rings (SSSR count). The summed E-state index contributed by atoms with van der Waals surface area (Å²) in [5, 5.41) is 12.2. The summed E-state index contributed by atoms with van der Waals surface area (Å²) in [6, 6.07) is 19.3.